The van der Waals surface area contributed by atoms with Crippen molar-refractivity contribution in [1.29, 1.82) is 0 Å². The minimum atomic E-state index is 0. The van der Waals surface area contributed by atoms with Crippen LogP contribution in [-0.2, 0) is 24.3 Å². The Morgan fingerprint density at radius 3 is 2.33 bits per heavy atom. The number of hydrogen-bond acceptors (Lipinski definition) is 7. The van der Waals surface area contributed by atoms with Crippen molar-refractivity contribution in [3.63, 3.8) is 0 Å². The average Bonchev–Trinajstić information content (AvgIpc) is 2.87. The number of benzene rings is 2. The van der Waals surface area contributed by atoms with Crippen molar-refractivity contribution in [2.75, 3.05) is 39.2 Å². The Labute approximate surface area is 226 Å². The van der Waals surface area contributed by atoms with Gasteiger partial charge in [-0.25, -0.2) is 0 Å². The van der Waals surface area contributed by atoms with Gasteiger partial charge in [0.25, 0.3) is 0 Å². The summed E-state index contributed by atoms with van der Waals surface area (Å²) in [6, 6.07) is 15.3. The van der Waals surface area contributed by atoms with Crippen LogP contribution in [0.3, 0.4) is 0 Å². The highest BCUT2D eigenvalue weighted by atomic mass is 35.5. The number of rotatable bonds is 11. The van der Waals surface area contributed by atoms with E-state index in [4.69, 9.17) is 14.6 Å². The maximum atomic E-state index is 8.94. The van der Waals surface area contributed by atoms with Gasteiger partial charge in [0.05, 0.1) is 19.4 Å². The molecule has 9 heteroatoms. The molecule has 0 aliphatic carbocycles. The fraction of sp³-hybridized carbons (Fsp3) is 0.481. The smallest absolute Gasteiger partial charge is 0.156 e. The summed E-state index contributed by atoms with van der Waals surface area (Å²) in [4.78, 5) is 2.52. The number of nitrogens with zero attached hydrogens (tertiary/aromatic N) is 3. The predicted molar refractivity (Wildman–Crippen MR) is 150 cm³/mol. The lowest BCUT2D eigenvalue weighted by molar-refractivity contribution is 0.182. The quantitative estimate of drug-likeness (QED) is 0.333. The minimum absolute atomic E-state index is 0. The number of fused-ring (bicyclic) bond motifs is 1. The van der Waals surface area contributed by atoms with Crippen molar-refractivity contribution in [1.82, 2.24) is 15.1 Å². The van der Waals surface area contributed by atoms with Crippen molar-refractivity contribution in [3.05, 3.63) is 59.3 Å². The van der Waals surface area contributed by atoms with Crippen LogP contribution < -0.4 is 10.1 Å². The molecule has 1 aliphatic heterocycles. The van der Waals surface area contributed by atoms with E-state index >= 15 is 0 Å². The Kier molecular flexibility index (Phi) is 12.7. The summed E-state index contributed by atoms with van der Waals surface area (Å²) in [7, 11) is 3.35. The third-order valence-electron chi connectivity index (χ3n) is 6.58. The molecule has 0 atom stereocenters. The molecule has 1 aliphatic rings. The van der Waals surface area contributed by atoms with Crippen LogP contribution in [-0.4, -0.2) is 60.2 Å². The molecular formula is C27H38Cl2N4O3. The highest BCUT2D eigenvalue weighted by Gasteiger charge is 2.21. The Balaban J connectivity index is 0.00000228. The third-order valence-corrected chi connectivity index (χ3v) is 6.58. The zero-order chi connectivity index (χ0) is 23.8. The summed E-state index contributed by atoms with van der Waals surface area (Å²) >= 11 is 0. The molecule has 4 rings (SSSR count). The number of aryl methyl sites for hydroxylation is 1. The highest BCUT2D eigenvalue weighted by Crippen LogP contribution is 2.29. The average molecular weight is 538 g/mol. The largest absolute Gasteiger partial charge is 0.497 e. The third kappa shape index (κ3) is 7.92. The maximum Gasteiger partial charge on any atom is 0.156 e. The summed E-state index contributed by atoms with van der Waals surface area (Å²) in [6.07, 6.45) is 5.07. The fourth-order valence-corrected chi connectivity index (χ4v) is 4.61. The number of aromatic nitrogens is 2. The first-order valence-corrected chi connectivity index (χ1v) is 12.2. The van der Waals surface area contributed by atoms with E-state index in [9.17, 15) is 0 Å². The van der Waals surface area contributed by atoms with Gasteiger partial charge in [-0.05, 0) is 61.4 Å². The number of aliphatic hydroxyl groups excluding tert-OH is 1. The summed E-state index contributed by atoms with van der Waals surface area (Å²) in [6.45, 7) is 3.78. The van der Waals surface area contributed by atoms with Gasteiger partial charge in [0.15, 0.2) is 5.82 Å². The summed E-state index contributed by atoms with van der Waals surface area (Å²) in [5.74, 6) is 1.62. The number of likely N-dealkylation sites (tertiary alicyclic amines) is 1. The van der Waals surface area contributed by atoms with Crippen LogP contribution in [0.2, 0.25) is 0 Å². The SMILES string of the molecule is COCc1nnc(NC2CCN(Cc3ccc(CCCCO)cc3)CC2)c2cc(OC)ccc12.Cl.Cl. The van der Waals surface area contributed by atoms with E-state index in [2.05, 4.69) is 44.7 Å². The number of nitrogens with one attached hydrogen (secondary N) is 1. The molecular weight excluding hydrogens is 499 g/mol. The number of unbranched alkanes of at least 4 members (excludes halogenated alkanes) is 1. The molecule has 1 fully saturated rings. The van der Waals surface area contributed by atoms with E-state index in [1.165, 1.54) is 11.1 Å². The van der Waals surface area contributed by atoms with Gasteiger partial charge in [0.2, 0.25) is 0 Å². The summed E-state index contributed by atoms with van der Waals surface area (Å²) in [5.41, 5.74) is 3.54. The molecule has 7 nitrogen and oxygen atoms in total. The molecule has 2 N–H and O–H groups in total. The first-order valence-electron chi connectivity index (χ1n) is 12.2. The number of methoxy groups -OCH3 is 2. The molecule has 0 amide bonds. The van der Waals surface area contributed by atoms with Crippen LogP contribution in [0.1, 0.15) is 42.5 Å². The van der Waals surface area contributed by atoms with Gasteiger partial charge in [-0.3, -0.25) is 4.90 Å². The van der Waals surface area contributed by atoms with E-state index in [0.29, 0.717) is 12.6 Å². The number of halogens is 2. The number of hydrogen-bond donors (Lipinski definition) is 2. The summed E-state index contributed by atoms with van der Waals surface area (Å²) in [5, 5.41) is 23.6. The van der Waals surface area contributed by atoms with E-state index in [-0.39, 0.29) is 31.4 Å². The lowest BCUT2D eigenvalue weighted by atomic mass is 10.0. The molecule has 3 aromatic rings. The van der Waals surface area contributed by atoms with Gasteiger partial charge in [0, 0.05) is 50.2 Å². The molecule has 0 spiro atoms. The van der Waals surface area contributed by atoms with Gasteiger partial charge >= 0.3 is 0 Å². The van der Waals surface area contributed by atoms with Crippen molar-refractivity contribution in [2.45, 2.75) is 51.3 Å². The van der Waals surface area contributed by atoms with Gasteiger partial charge in [0.1, 0.15) is 5.75 Å². The predicted octanol–water partition coefficient (Wildman–Crippen LogP) is 5.02. The van der Waals surface area contributed by atoms with E-state index in [1.54, 1.807) is 14.2 Å². The van der Waals surface area contributed by atoms with Crippen molar-refractivity contribution < 1.29 is 14.6 Å². The molecule has 0 saturated carbocycles. The monoisotopic (exact) mass is 536 g/mol. The molecule has 2 aromatic carbocycles. The van der Waals surface area contributed by atoms with E-state index in [0.717, 1.165) is 79.8 Å². The Morgan fingerprint density at radius 1 is 0.944 bits per heavy atom. The lowest BCUT2D eigenvalue weighted by Gasteiger charge is -2.32. The van der Waals surface area contributed by atoms with Crippen molar-refractivity contribution in [2.24, 2.45) is 0 Å². The minimum Gasteiger partial charge on any atom is -0.497 e. The normalized spacial score (nSPS) is 14.2. The number of piperidine rings is 1. The molecule has 1 aromatic heterocycles. The lowest BCUT2D eigenvalue weighted by Crippen LogP contribution is -2.38. The molecule has 0 radical (unpaired) electrons. The highest BCUT2D eigenvalue weighted by molar-refractivity contribution is 5.94. The molecule has 0 bridgehead atoms. The zero-order valence-electron chi connectivity index (χ0n) is 21.1. The first kappa shape index (κ1) is 30.1. The summed E-state index contributed by atoms with van der Waals surface area (Å²) < 4.78 is 10.7. The number of aliphatic hydroxyl groups is 1. The van der Waals surface area contributed by atoms with Crippen molar-refractivity contribution in [3.8, 4) is 5.75 Å². The van der Waals surface area contributed by atoms with Gasteiger partial charge in [-0.1, -0.05) is 24.3 Å². The molecule has 36 heavy (non-hydrogen) atoms. The van der Waals surface area contributed by atoms with Crippen LogP contribution in [0, 0.1) is 0 Å². The Hall–Kier alpha value is -2.16. The Morgan fingerprint density at radius 2 is 1.67 bits per heavy atom. The van der Waals surface area contributed by atoms with E-state index < -0.39 is 0 Å². The van der Waals surface area contributed by atoms with Crippen LogP contribution in [0.15, 0.2) is 42.5 Å². The van der Waals surface area contributed by atoms with Gasteiger partial charge < -0.3 is 19.9 Å². The first-order chi connectivity index (χ1) is 16.7. The second-order valence-electron chi connectivity index (χ2n) is 9.03. The fourth-order valence-electron chi connectivity index (χ4n) is 4.61. The van der Waals surface area contributed by atoms with Crippen LogP contribution in [0.25, 0.3) is 10.8 Å². The second-order valence-corrected chi connectivity index (χ2v) is 9.03. The number of ether oxygens (including phenoxy) is 2. The molecule has 0 unspecified atom stereocenters. The Bertz CT molecular complexity index is 1060. The van der Waals surface area contributed by atoms with Crippen molar-refractivity contribution >= 4 is 41.4 Å². The van der Waals surface area contributed by atoms with E-state index in [1.807, 2.05) is 18.2 Å². The topological polar surface area (TPSA) is 79.7 Å². The molecule has 2 heterocycles. The molecule has 1 saturated heterocycles. The zero-order valence-corrected chi connectivity index (χ0v) is 22.7. The molecule has 198 valence electrons. The van der Waals surface area contributed by atoms with Crippen LogP contribution >= 0.6 is 24.8 Å². The van der Waals surface area contributed by atoms with Crippen LogP contribution in [0.5, 0.6) is 5.75 Å². The second kappa shape index (κ2) is 15.2. The van der Waals surface area contributed by atoms with Gasteiger partial charge in [-0.2, -0.15) is 5.10 Å². The number of anilines is 1. The van der Waals surface area contributed by atoms with Gasteiger partial charge in [-0.15, -0.1) is 29.9 Å². The standard InChI is InChI=1S/C27H36N4O3.2ClH/c1-33-19-26-24-11-10-23(34-2)17-25(24)27(30-29-26)28-22-12-14-31(15-13-22)18-21-8-6-20(7-9-21)5-3-4-16-32;;/h6-11,17,22,32H,3-5,12-16,18-19H2,1-2H3,(H,28,30);2*1H. The van der Waals surface area contributed by atoms with Crippen LogP contribution in [0.4, 0.5) is 5.82 Å². The maximum absolute atomic E-state index is 8.94.